The van der Waals surface area contributed by atoms with Gasteiger partial charge in [0.1, 0.15) is 5.69 Å². The number of nitrogens with zero attached hydrogens (tertiary/aromatic N) is 1. The van der Waals surface area contributed by atoms with E-state index in [1.165, 1.54) is 13.1 Å². The molecule has 0 aromatic heterocycles. The SMILES string of the molecule is CNc1cc(CO)cc(F)c1[N+](=O)[O-]. The highest BCUT2D eigenvalue weighted by molar-refractivity contribution is 5.63. The summed E-state index contributed by atoms with van der Waals surface area (Å²) in [5, 5.41) is 21.7. The van der Waals surface area contributed by atoms with E-state index in [1.807, 2.05) is 0 Å². The maximum atomic E-state index is 13.1. The van der Waals surface area contributed by atoms with Crippen molar-refractivity contribution in [3.63, 3.8) is 0 Å². The lowest BCUT2D eigenvalue weighted by Crippen LogP contribution is -2.01. The standard InChI is InChI=1S/C8H9FN2O3/c1-10-7-3-5(4-12)2-6(9)8(7)11(13)14/h2-3,10,12H,4H2,1H3. The normalized spacial score (nSPS) is 9.93. The first-order chi connectivity index (χ1) is 6.60. The molecule has 0 radical (unpaired) electrons. The van der Waals surface area contributed by atoms with Gasteiger partial charge < -0.3 is 10.4 Å². The van der Waals surface area contributed by atoms with Gasteiger partial charge in [0, 0.05) is 7.05 Å². The van der Waals surface area contributed by atoms with Gasteiger partial charge in [0.2, 0.25) is 5.82 Å². The molecule has 1 aromatic carbocycles. The van der Waals surface area contributed by atoms with Crippen molar-refractivity contribution < 1.29 is 14.4 Å². The summed E-state index contributed by atoms with van der Waals surface area (Å²) in [5.41, 5.74) is -0.263. The molecule has 0 saturated heterocycles. The molecule has 14 heavy (non-hydrogen) atoms. The minimum Gasteiger partial charge on any atom is -0.392 e. The van der Waals surface area contributed by atoms with Crippen LogP contribution in [0.2, 0.25) is 0 Å². The molecular formula is C8H9FN2O3. The van der Waals surface area contributed by atoms with E-state index in [1.54, 1.807) is 0 Å². The smallest absolute Gasteiger partial charge is 0.327 e. The molecule has 76 valence electrons. The van der Waals surface area contributed by atoms with E-state index in [0.717, 1.165) is 6.07 Å². The predicted molar refractivity (Wildman–Crippen MR) is 48.5 cm³/mol. The van der Waals surface area contributed by atoms with Crippen LogP contribution in [-0.2, 0) is 6.61 Å². The fourth-order valence-corrected chi connectivity index (χ4v) is 1.12. The third kappa shape index (κ3) is 1.80. The number of rotatable bonds is 3. The van der Waals surface area contributed by atoms with Crippen LogP contribution in [0.25, 0.3) is 0 Å². The molecule has 0 aliphatic carbocycles. The van der Waals surface area contributed by atoms with Gasteiger partial charge in [0.15, 0.2) is 0 Å². The van der Waals surface area contributed by atoms with Gasteiger partial charge in [-0.15, -0.1) is 0 Å². The van der Waals surface area contributed by atoms with Gasteiger partial charge in [-0.1, -0.05) is 0 Å². The first-order valence-electron chi connectivity index (χ1n) is 3.85. The quantitative estimate of drug-likeness (QED) is 0.569. The monoisotopic (exact) mass is 200 g/mol. The van der Waals surface area contributed by atoms with Gasteiger partial charge in [-0.25, -0.2) is 0 Å². The Hall–Kier alpha value is -1.69. The zero-order chi connectivity index (χ0) is 10.7. The average molecular weight is 200 g/mol. The molecule has 0 fully saturated rings. The highest BCUT2D eigenvalue weighted by Crippen LogP contribution is 2.28. The average Bonchev–Trinajstić information content (AvgIpc) is 2.15. The van der Waals surface area contributed by atoms with E-state index in [0.29, 0.717) is 0 Å². The molecule has 1 aromatic rings. The highest BCUT2D eigenvalue weighted by Gasteiger charge is 2.20. The number of benzene rings is 1. The second-order valence-corrected chi connectivity index (χ2v) is 2.64. The number of halogens is 1. The Morgan fingerprint density at radius 1 is 1.64 bits per heavy atom. The molecule has 0 heterocycles. The summed E-state index contributed by atoms with van der Waals surface area (Å²) in [6.07, 6.45) is 0. The van der Waals surface area contributed by atoms with E-state index < -0.39 is 16.4 Å². The minimum atomic E-state index is -0.953. The third-order valence-electron chi connectivity index (χ3n) is 1.76. The number of aliphatic hydroxyl groups excluding tert-OH is 1. The van der Waals surface area contributed by atoms with Crippen molar-refractivity contribution in [3.05, 3.63) is 33.6 Å². The van der Waals surface area contributed by atoms with Gasteiger partial charge in [-0.3, -0.25) is 10.1 Å². The van der Waals surface area contributed by atoms with Crippen molar-refractivity contribution in [2.75, 3.05) is 12.4 Å². The number of anilines is 1. The summed E-state index contributed by atoms with van der Waals surface area (Å²) in [6.45, 7) is -0.358. The molecular weight excluding hydrogens is 191 g/mol. The maximum absolute atomic E-state index is 13.1. The Labute approximate surface area is 79.3 Å². The number of nitrogens with one attached hydrogen (secondary N) is 1. The summed E-state index contributed by atoms with van der Waals surface area (Å²) in [5.74, 6) is -0.953. The van der Waals surface area contributed by atoms with E-state index in [9.17, 15) is 14.5 Å². The molecule has 0 atom stereocenters. The van der Waals surface area contributed by atoms with Gasteiger partial charge in [0.05, 0.1) is 11.5 Å². The van der Waals surface area contributed by atoms with Crippen LogP contribution in [0.3, 0.4) is 0 Å². The predicted octanol–water partition coefficient (Wildman–Crippen LogP) is 1.27. The van der Waals surface area contributed by atoms with Gasteiger partial charge in [-0.2, -0.15) is 4.39 Å². The first kappa shape index (κ1) is 10.4. The van der Waals surface area contributed by atoms with Crippen molar-refractivity contribution in [2.24, 2.45) is 0 Å². The van der Waals surface area contributed by atoms with Crippen molar-refractivity contribution in [1.82, 2.24) is 0 Å². The second kappa shape index (κ2) is 4.01. The molecule has 0 bridgehead atoms. The second-order valence-electron chi connectivity index (χ2n) is 2.64. The van der Waals surface area contributed by atoms with Gasteiger partial charge >= 0.3 is 5.69 Å². The van der Waals surface area contributed by atoms with Crippen molar-refractivity contribution in [2.45, 2.75) is 6.61 Å². The molecule has 0 spiro atoms. The van der Waals surface area contributed by atoms with Crippen LogP contribution >= 0.6 is 0 Å². The molecule has 0 saturated carbocycles. The number of hydrogen-bond donors (Lipinski definition) is 2. The molecule has 6 heteroatoms. The van der Waals surface area contributed by atoms with Gasteiger partial charge in [0.25, 0.3) is 0 Å². The van der Waals surface area contributed by atoms with Crippen LogP contribution in [0.4, 0.5) is 15.8 Å². The van der Waals surface area contributed by atoms with Gasteiger partial charge in [-0.05, 0) is 17.7 Å². The Bertz CT molecular complexity index is 368. The topological polar surface area (TPSA) is 75.4 Å². The van der Waals surface area contributed by atoms with Crippen LogP contribution < -0.4 is 5.32 Å². The summed E-state index contributed by atoms with van der Waals surface area (Å²) in [4.78, 5) is 9.66. The molecule has 0 amide bonds. The highest BCUT2D eigenvalue weighted by atomic mass is 19.1. The Morgan fingerprint density at radius 2 is 2.29 bits per heavy atom. The van der Waals surface area contributed by atoms with Crippen LogP contribution in [0.5, 0.6) is 0 Å². The largest absolute Gasteiger partial charge is 0.392 e. The number of hydrogen-bond acceptors (Lipinski definition) is 4. The van der Waals surface area contributed by atoms with E-state index >= 15 is 0 Å². The molecule has 0 aliphatic heterocycles. The van der Waals surface area contributed by atoms with Crippen LogP contribution in [0.1, 0.15) is 5.56 Å². The van der Waals surface area contributed by atoms with E-state index in [4.69, 9.17) is 5.11 Å². The lowest BCUT2D eigenvalue weighted by molar-refractivity contribution is -0.386. The first-order valence-corrected chi connectivity index (χ1v) is 3.85. The molecule has 5 nitrogen and oxygen atoms in total. The van der Waals surface area contributed by atoms with Crippen molar-refractivity contribution in [3.8, 4) is 0 Å². The van der Waals surface area contributed by atoms with Crippen LogP contribution in [0, 0.1) is 15.9 Å². The lowest BCUT2D eigenvalue weighted by Gasteiger charge is -2.04. The van der Waals surface area contributed by atoms with Crippen LogP contribution in [-0.4, -0.2) is 17.1 Å². The van der Waals surface area contributed by atoms with Crippen molar-refractivity contribution in [1.29, 1.82) is 0 Å². The summed E-state index contributed by atoms with van der Waals surface area (Å²) >= 11 is 0. The van der Waals surface area contributed by atoms with E-state index in [-0.39, 0.29) is 17.9 Å². The Balaban J connectivity index is 3.34. The van der Waals surface area contributed by atoms with Crippen LogP contribution in [0.15, 0.2) is 12.1 Å². The maximum Gasteiger partial charge on any atom is 0.327 e. The Morgan fingerprint density at radius 3 is 2.71 bits per heavy atom. The minimum absolute atomic E-state index is 0.0547. The fraction of sp³-hybridized carbons (Fsp3) is 0.250. The summed E-state index contributed by atoms with van der Waals surface area (Å²) in [7, 11) is 1.45. The molecule has 1 rings (SSSR count). The number of nitro benzene ring substituents is 1. The summed E-state index contributed by atoms with van der Waals surface area (Å²) in [6, 6.07) is 2.28. The zero-order valence-electron chi connectivity index (χ0n) is 7.45. The fourth-order valence-electron chi connectivity index (χ4n) is 1.12. The zero-order valence-corrected chi connectivity index (χ0v) is 7.45. The summed E-state index contributed by atoms with van der Waals surface area (Å²) < 4.78 is 13.1. The number of nitro groups is 1. The molecule has 0 aliphatic rings. The Kier molecular flexibility index (Phi) is 2.98. The number of aliphatic hydroxyl groups is 1. The third-order valence-corrected chi connectivity index (χ3v) is 1.76. The van der Waals surface area contributed by atoms with Crippen molar-refractivity contribution >= 4 is 11.4 Å². The van der Waals surface area contributed by atoms with E-state index in [2.05, 4.69) is 5.32 Å². The lowest BCUT2D eigenvalue weighted by atomic mass is 10.1. The molecule has 0 unspecified atom stereocenters. The molecule has 2 N–H and O–H groups in total.